The van der Waals surface area contributed by atoms with Crippen molar-refractivity contribution in [2.75, 3.05) is 0 Å². The van der Waals surface area contributed by atoms with Gasteiger partial charge in [0, 0.05) is 19.2 Å². The average molecular weight is 350 g/mol. The molecular formula is C21H19FN2O2. The number of carbonyl (C=O) groups is 1. The summed E-state index contributed by atoms with van der Waals surface area (Å²) in [6.45, 7) is 0. The molecule has 2 aromatic carbocycles. The summed E-state index contributed by atoms with van der Waals surface area (Å²) in [6.07, 6.45) is 3.97. The molecule has 3 aromatic rings. The lowest BCUT2D eigenvalue weighted by atomic mass is 10.0. The van der Waals surface area contributed by atoms with Gasteiger partial charge in [0.25, 0.3) is 0 Å². The van der Waals surface area contributed by atoms with Gasteiger partial charge in [-0.15, -0.1) is 0 Å². The van der Waals surface area contributed by atoms with Crippen LogP contribution in [0.3, 0.4) is 0 Å². The Balaban J connectivity index is 1.53. The zero-order valence-corrected chi connectivity index (χ0v) is 14.4. The zero-order chi connectivity index (χ0) is 18.1. The van der Waals surface area contributed by atoms with Crippen LogP contribution in [0.5, 0.6) is 0 Å². The van der Waals surface area contributed by atoms with Crippen molar-refractivity contribution in [2.24, 2.45) is 13.0 Å². The van der Waals surface area contributed by atoms with E-state index in [-0.39, 0.29) is 23.6 Å². The van der Waals surface area contributed by atoms with Crippen LogP contribution in [0.15, 0.2) is 67.0 Å². The van der Waals surface area contributed by atoms with Crippen LogP contribution in [0.1, 0.15) is 35.1 Å². The van der Waals surface area contributed by atoms with Crippen LogP contribution in [0.25, 0.3) is 0 Å². The SMILES string of the molecule is Cn1cc([C@@H]2C[C@@H]2C(=O)O[C@@H](c2ccccc2)c2ccc(F)cc2)cn1. The first kappa shape index (κ1) is 16.5. The Bertz CT molecular complexity index is 905. The van der Waals surface area contributed by atoms with Gasteiger partial charge in [0.15, 0.2) is 6.10 Å². The van der Waals surface area contributed by atoms with Crippen LogP contribution in [0, 0.1) is 11.7 Å². The largest absolute Gasteiger partial charge is 0.452 e. The van der Waals surface area contributed by atoms with E-state index in [1.165, 1.54) is 12.1 Å². The number of benzene rings is 2. The lowest BCUT2D eigenvalue weighted by Crippen LogP contribution is -2.15. The number of ether oxygens (including phenoxy) is 1. The van der Waals surface area contributed by atoms with E-state index in [1.54, 1.807) is 23.0 Å². The van der Waals surface area contributed by atoms with E-state index < -0.39 is 6.10 Å². The van der Waals surface area contributed by atoms with Crippen molar-refractivity contribution in [1.29, 1.82) is 0 Å². The number of rotatable bonds is 5. The topological polar surface area (TPSA) is 44.1 Å². The molecule has 0 radical (unpaired) electrons. The Labute approximate surface area is 151 Å². The third-order valence-corrected chi connectivity index (χ3v) is 4.76. The first-order valence-corrected chi connectivity index (χ1v) is 8.61. The summed E-state index contributed by atoms with van der Waals surface area (Å²) in [6, 6.07) is 15.6. The van der Waals surface area contributed by atoms with Crippen molar-refractivity contribution in [3.63, 3.8) is 0 Å². The molecule has 26 heavy (non-hydrogen) atoms. The minimum atomic E-state index is -0.542. The van der Waals surface area contributed by atoms with Gasteiger partial charge >= 0.3 is 5.97 Å². The monoisotopic (exact) mass is 350 g/mol. The molecule has 4 nitrogen and oxygen atoms in total. The molecule has 4 rings (SSSR count). The molecule has 1 heterocycles. The van der Waals surface area contributed by atoms with Crippen LogP contribution in [-0.4, -0.2) is 15.7 Å². The number of esters is 1. The van der Waals surface area contributed by atoms with E-state index >= 15 is 0 Å². The summed E-state index contributed by atoms with van der Waals surface area (Å²) in [5.74, 6) is -0.519. The van der Waals surface area contributed by atoms with Gasteiger partial charge in [-0.25, -0.2) is 4.39 Å². The molecular weight excluding hydrogens is 331 g/mol. The Morgan fingerprint density at radius 2 is 1.85 bits per heavy atom. The number of hydrogen-bond acceptors (Lipinski definition) is 3. The molecule has 1 saturated carbocycles. The van der Waals surface area contributed by atoms with Crippen LogP contribution in [0.2, 0.25) is 0 Å². The number of carbonyl (C=O) groups excluding carboxylic acids is 1. The molecule has 132 valence electrons. The van der Waals surface area contributed by atoms with E-state index in [0.29, 0.717) is 0 Å². The van der Waals surface area contributed by atoms with Gasteiger partial charge in [0.1, 0.15) is 5.82 Å². The third-order valence-electron chi connectivity index (χ3n) is 4.76. The van der Waals surface area contributed by atoms with E-state index in [9.17, 15) is 9.18 Å². The minimum Gasteiger partial charge on any atom is -0.452 e. The van der Waals surface area contributed by atoms with Crippen molar-refractivity contribution < 1.29 is 13.9 Å². The van der Waals surface area contributed by atoms with Crippen LogP contribution >= 0.6 is 0 Å². The molecule has 0 saturated heterocycles. The van der Waals surface area contributed by atoms with Gasteiger partial charge in [-0.05, 0) is 35.2 Å². The molecule has 0 unspecified atom stereocenters. The summed E-state index contributed by atoms with van der Waals surface area (Å²) < 4.78 is 20.9. The second kappa shape index (κ2) is 6.75. The van der Waals surface area contributed by atoms with Gasteiger partial charge in [0.2, 0.25) is 0 Å². The minimum absolute atomic E-state index is 0.147. The fraction of sp³-hybridized carbons (Fsp3) is 0.238. The number of hydrogen-bond donors (Lipinski definition) is 0. The lowest BCUT2D eigenvalue weighted by molar-refractivity contribution is -0.149. The molecule has 0 amide bonds. The molecule has 1 fully saturated rings. The zero-order valence-electron chi connectivity index (χ0n) is 14.4. The van der Waals surface area contributed by atoms with Crippen molar-refractivity contribution in [3.05, 3.63) is 89.5 Å². The summed E-state index contributed by atoms with van der Waals surface area (Å²) in [7, 11) is 1.86. The van der Waals surface area contributed by atoms with E-state index in [4.69, 9.17) is 4.74 Å². The number of nitrogens with zero attached hydrogens (tertiary/aromatic N) is 2. The second-order valence-electron chi connectivity index (χ2n) is 6.68. The van der Waals surface area contributed by atoms with Crippen LogP contribution in [-0.2, 0) is 16.6 Å². The first-order valence-electron chi connectivity index (χ1n) is 8.61. The quantitative estimate of drug-likeness (QED) is 0.654. The highest BCUT2D eigenvalue weighted by Crippen LogP contribution is 2.48. The van der Waals surface area contributed by atoms with Crippen LogP contribution < -0.4 is 0 Å². The predicted octanol–water partition coefficient (Wildman–Crippen LogP) is 4.00. The number of halogens is 1. The van der Waals surface area contributed by atoms with Crippen molar-refractivity contribution >= 4 is 5.97 Å². The molecule has 0 N–H and O–H groups in total. The maximum atomic E-state index is 13.3. The molecule has 0 aliphatic heterocycles. The van der Waals surface area contributed by atoms with Gasteiger partial charge in [-0.3, -0.25) is 9.48 Å². The summed E-state index contributed by atoms with van der Waals surface area (Å²) in [5, 5.41) is 4.17. The van der Waals surface area contributed by atoms with Gasteiger partial charge in [-0.2, -0.15) is 5.10 Å². The standard InChI is InChI=1S/C21H19FN2O2/c1-24-13-16(12-23-24)18-11-19(18)21(25)26-20(14-5-3-2-4-6-14)15-7-9-17(22)10-8-15/h2-10,12-13,18-20H,11H2,1H3/t18-,19-,20-/m0/s1. The van der Waals surface area contributed by atoms with Gasteiger partial charge in [0.05, 0.1) is 12.1 Å². The Morgan fingerprint density at radius 3 is 2.50 bits per heavy atom. The molecule has 1 aromatic heterocycles. The predicted molar refractivity (Wildman–Crippen MR) is 94.8 cm³/mol. The van der Waals surface area contributed by atoms with Gasteiger partial charge < -0.3 is 4.74 Å². The van der Waals surface area contributed by atoms with Crippen molar-refractivity contribution in [3.8, 4) is 0 Å². The molecule has 0 spiro atoms. The maximum Gasteiger partial charge on any atom is 0.310 e. The fourth-order valence-electron chi connectivity index (χ4n) is 3.25. The summed E-state index contributed by atoms with van der Waals surface area (Å²) in [4.78, 5) is 12.7. The van der Waals surface area contributed by atoms with E-state index in [2.05, 4.69) is 5.10 Å². The third kappa shape index (κ3) is 3.38. The normalized spacial score (nSPS) is 19.8. The fourth-order valence-corrected chi connectivity index (χ4v) is 3.25. The highest BCUT2D eigenvalue weighted by molar-refractivity contribution is 5.78. The molecule has 5 heteroatoms. The van der Waals surface area contributed by atoms with Gasteiger partial charge in [-0.1, -0.05) is 42.5 Å². The summed E-state index contributed by atoms with van der Waals surface area (Å²) >= 11 is 0. The Morgan fingerprint density at radius 1 is 1.15 bits per heavy atom. The molecule has 1 aliphatic rings. The Kier molecular flexibility index (Phi) is 4.29. The molecule has 3 atom stereocenters. The van der Waals surface area contributed by atoms with E-state index in [0.717, 1.165) is 23.1 Å². The number of aromatic nitrogens is 2. The smallest absolute Gasteiger partial charge is 0.310 e. The molecule has 1 aliphatic carbocycles. The maximum absolute atomic E-state index is 13.3. The lowest BCUT2D eigenvalue weighted by Gasteiger charge is -2.19. The Hall–Kier alpha value is -2.95. The second-order valence-corrected chi connectivity index (χ2v) is 6.68. The highest BCUT2D eigenvalue weighted by Gasteiger charge is 2.46. The molecule has 0 bridgehead atoms. The highest BCUT2D eigenvalue weighted by atomic mass is 19.1. The van der Waals surface area contributed by atoms with Crippen LogP contribution in [0.4, 0.5) is 4.39 Å². The summed E-state index contributed by atoms with van der Waals surface area (Å²) in [5.41, 5.74) is 2.68. The van der Waals surface area contributed by atoms with Crippen molar-refractivity contribution in [1.82, 2.24) is 9.78 Å². The average Bonchev–Trinajstić information content (AvgIpc) is 3.35. The number of aryl methyl sites for hydroxylation is 1. The first-order chi connectivity index (χ1) is 12.6. The van der Waals surface area contributed by atoms with E-state index in [1.807, 2.05) is 43.6 Å². The van der Waals surface area contributed by atoms with Crippen molar-refractivity contribution in [2.45, 2.75) is 18.4 Å².